The molecule has 0 aliphatic heterocycles. The lowest BCUT2D eigenvalue weighted by molar-refractivity contribution is 0.0697. The minimum Gasteiger partial charge on any atom is -0.478 e. The van der Waals surface area contributed by atoms with Crippen molar-refractivity contribution in [2.45, 2.75) is 24.3 Å². The molecule has 1 unspecified atom stereocenters. The number of rotatable bonds is 7. The van der Waals surface area contributed by atoms with Crippen LogP contribution in [-0.4, -0.2) is 48.9 Å². The van der Waals surface area contributed by atoms with E-state index >= 15 is 0 Å². The molecule has 1 aromatic rings. The lowest BCUT2D eigenvalue weighted by atomic mass is 10.2. The summed E-state index contributed by atoms with van der Waals surface area (Å²) in [6.45, 7) is 1.92. The Kier molecular flexibility index (Phi) is 6.52. The molecule has 8 heteroatoms. The summed E-state index contributed by atoms with van der Waals surface area (Å²) >= 11 is 7.42. The van der Waals surface area contributed by atoms with Crippen molar-refractivity contribution >= 4 is 39.4 Å². The predicted octanol–water partition coefficient (Wildman–Crippen LogP) is 2.80. The first kappa shape index (κ1) is 18.3. The van der Waals surface area contributed by atoms with E-state index in [-0.39, 0.29) is 21.5 Å². The van der Waals surface area contributed by atoms with Crippen LogP contribution >= 0.6 is 23.4 Å². The number of hydrogen-bond acceptors (Lipinski definition) is 4. The third kappa shape index (κ3) is 4.12. The van der Waals surface area contributed by atoms with Crippen LogP contribution in [0.4, 0.5) is 0 Å². The van der Waals surface area contributed by atoms with Crippen LogP contribution in [0, 0.1) is 0 Å². The third-order valence-corrected chi connectivity index (χ3v) is 6.13. The van der Waals surface area contributed by atoms with Crippen molar-refractivity contribution in [3.63, 3.8) is 0 Å². The fraction of sp³-hybridized carbons (Fsp3) is 0.462. The van der Waals surface area contributed by atoms with E-state index < -0.39 is 16.0 Å². The Labute approximate surface area is 134 Å². The second kappa shape index (κ2) is 7.49. The van der Waals surface area contributed by atoms with E-state index in [4.69, 9.17) is 16.7 Å². The molecule has 0 bridgehead atoms. The molecule has 0 aromatic heterocycles. The molecule has 1 atom stereocenters. The number of aromatic carboxylic acids is 1. The first-order valence-electron chi connectivity index (χ1n) is 6.25. The van der Waals surface area contributed by atoms with Crippen molar-refractivity contribution in [2.24, 2.45) is 0 Å². The van der Waals surface area contributed by atoms with Crippen LogP contribution in [0.5, 0.6) is 0 Å². The average molecular weight is 352 g/mol. The first-order chi connectivity index (χ1) is 9.75. The van der Waals surface area contributed by atoms with E-state index in [2.05, 4.69) is 0 Å². The maximum absolute atomic E-state index is 12.6. The molecule has 5 nitrogen and oxygen atoms in total. The van der Waals surface area contributed by atoms with Crippen LogP contribution < -0.4 is 0 Å². The molecule has 1 rings (SSSR count). The van der Waals surface area contributed by atoms with E-state index in [0.29, 0.717) is 12.2 Å². The highest BCUT2D eigenvalue weighted by Gasteiger charge is 2.27. The molecule has 0 aliphatic rings. The van der Waals surface area contributed by atoms with Crippen LogP contribution in [0.1, 0.15) is 23.7 Å². The summed E-state index contributed by atoms with van der Waals surface area (Å²) in [7, 11) is -2.17. The summed E-state index contributed by atoms with van der Waals surface area (Å²) < 4.78 is 26.4. The predicted molar refractivity (Wildman–Crippen MR) is 85.8 cm³/mol. The van der Waals surface area contributed by atoms with Gasteiger partial charge in [-0.2, -0.15) is 16.1 Å². The highest BCUT2D eigenvalue weighted by atomic mass is 35.5. The van der Waals surface area contributed by atoms with Crippen molar-refractivity contribution in [3.05, 3.63) is 28.8 Å². The normalized spacial score (nSPS) is 13.4. The summed E-state index contributed by atoms with van der Waals surface area (Å²) in [5.41, 5.74) is -0.116. The number of benzene rings is 1. The fourth-order valence-corrected chi connectivity index (χ4v) is 4.58. The smallest absolute Gasteiger partial charge is 0.337 e. The van der Waals surface area contributed by atoms with Gasteiger partial charge >= 0.3 is 5.97 Å². The van der Waals surface area contributed by atoms with Crippen molar-refractivity contribution < 1.29 is 18.3 Å². The number of carboxylic acids is 1. The van der Waals surface area contributed by atoms with Crippen LogP contribution in [0.3, 0.4) is 0 Å². The zero-order valence-electron chi connectivity index (χ0n) is 12.0. The Hall–Kier alpha value is -0.760. The topological polar surface area (TPSA) is 74.7 Å². The van der Waals surface area contributed by atoms with Crippen molar-refractivity contribution in [1.29, 1.82) is 0 Å². The van der Waals surface area contributed by atoms with Crippen LogP contribution in [0.25, 0.3) is 0 Å². The summed E-state index contributed by atoms with van der Waals surface area (Å²) in [5.74, 6) is -0.501. The van der Waals surface area contributed by atoms with Gasteiger partial charge in [-0.15, -0.1) is 0 Å². The van der Waals surface area contributed by atoms with Crippen LogP contribution in [0.2, 0.25) is 5.02 Å². The monoisotopic (exact) mass is 351 g/mol. The van der Waals surface area contributed by atoms with E-state index in [1.165, 1.54) is 29.6 Å². The molecular formula is C13H18ClNO4S2. The van der Waals surface area contributed by atoms with E-state index in [9.17, 15) is 13.2 Å². The number of hydrogen-bond donors (Lipinski definition) is 1. The van der Waals surface area contributed by atoms with E-state index in [0.717, 1.165) is 0 Å². The summed E-state index contributed by atoms with van der Waals surface area (Å²) in [5, 5.41) is 8.83. The molecule has 1 N–H and O–H groups in total. The minimum absolute atomic E-state index is 0.000414. The van der Waals surface area contributed by atoms with Gasteiger partial charge in [-0.1, -0.05) is 18.5 Å². The Balaban J connectivity index is 3.18. The Morgan fingerprint density at radius 1 is 1.48 bits per heavy atom. The molecule has 0 fully saturated rings. The van der Waals surface area contributed by atoms with Gasteiger partial charge in [-0.25, -0.2) is 13.2 Å². The third-order valence-electron chi connectivity index (χ3n) is 3.19. The van der Waals surface area contributed by atoms with Gasteiger partial charge in [-0.05, 0) is 30.9 Å². The Bertz CT molecular complexity index is 619. The quantitative estimate of drug-likeness (QED) is 0.817. The molecule has 0 saturated carbocycles. The highest BCUT2D eigenvalue weighted by Crippen LogP contribution is 2.25. The number of carboxylic acid groups (broad SMARTS) is 1. The number of sulfonamides is 1. The zero-order valence-corrected chi connectivity index (χ0v) is 14.4. The SMILES string of the molecule is CCC(CSC)N(C)S(=O)(=O)c1ccc(C(=O)O)c(Cl)c1. The Morgan fingerprint density at radius 3 is 2.52 bits per heavy atom. The van der Waals surface area contributed by atoms with Gasteiger partial charge in [0.1, 0.15) is 0 Å². The fourth-order valence-electron chi connectivity index (χ4n) is 1.86. The average Bonchev–Trinajstić information content (AvgIpc) is 2.43. The van der Waals surface area contributed by atoms with Gasteiger partial charge in [0.2, 0.25) is 10.0 Å². The summed E-state index contributed by atoms with van der Waals surface area (Å²) in [6, 6.07) is 3.54. The van der Waals surface area contributed by atoms with Gasteiger partial charge in [0.25, 0.3) is 0 Å². The van der Waals surface area contributed by atoms with Gasteiger partial charge in [0.05, 0.1) is 15.5 Å². The lowest BCUT2D eigenvalue weighted by Crippen LogP contribution is -2.38. The number of halogens is 1. The second-order valence-electron chi connectivity index (χ2n) is 4.49. The van der Waals surface area contributed by atoms with Crippen molar-refractivity contribution in [2.75, 3.05) is 19.1 Å². The van der Waals surface area contributed by atoms with Crippen molar-refractivity contribution in [1.82, 2.24) is 4.31 Å². The number of nitrogens with zero attached hydrogens (tertiary/aromatic N) is 1. The molecule has 1 aromatic carbocycles. The zero-order chi connectivity index (χ0) is 16.2. The molecule has 0 heterocycles. The van der Waals surface area contributed by atoms with Crippen LogP contribution in [-0.2, 0) is 10.0 Å². The molecular weight excluding hydrogens is 334 g/mol. The van der Waals surface area contributed by atoms with Gasteiger partial charge in [0.15, 0.2) is 0 Å². The molecule has 0 radical (unpaired) electrons. The summed E-state index contributed by atoms with van der Waals surface area (Å²) in [4.78, 5) is 10.9. The highest BCUT2D eigenvalue weighted by molar-refractivity contribution is 7.98. The maximum atomic E-state index is 12.6. The standard InChI is InChI=1S/C13H18ClNO4S2/c1-4-9(8-20-3)15(2)21(18,19)10-5-6-11(13(16)17)12(14)7-10/h5-7,9H,4,8H2,1-3H3,(H,16,17). The largest absolute Gasteiger partial charge is 0.478 e. The van der Waals surface area contributed by atoms with Crippen LogP contribution in [0.15, 0.2) is 23.1 Å². The maximum Gasteiger partial charge on any atom is 0.337 e. The molecule has 0 spiro atoms. The lowest BCUT2D eigenvalue weighted by Gasteiger charge is -2.26. The van der Waals surface area contributed by atoms with Gasteiger partial charge in [0, 0.05) is 18.8 Å². The number of thioether (sulfide) groups is 1. The Morgan fingerprint density at radius 2 is 2.10 bits per heavy atom. The minimum atomic E-state index is -3.69. The first-order valence-corrected chi connectivity index (χ1v) is 9.46. The molecule has 0 saturated heterocycles. The molecule has 0 amide bonds. The molecule has 21 heavy (non-hydrogen) atoms. The van der Waals surface area contributed by atoms with E-state index in [1.54, 1.807) is 11.8 Å². The van der Waals surface area contributed by atoms with Gasteiger partial charge in [-0.3, -0.25) is 0 Å². The summed E-state index contributed by atoms with van der Waals surface area (Å²) in [6.07, 6.45) is 2.61. The molecule has 0 aliphatic carbocycles. The second-order valence-corrected chi connectivity index (χ2v) is 7.80. The van der Waals surface area contributed by atoms with Crippen molar-refractivity contribution in [3.8, 4) is 0 Å². The van der Waals surface area contributed by atoms with E-state index in [1.807, 2.05) is 13.2 Å². The number of carbonyl (C=O) groups is 1. The molecule has 118 valence electrons. The van der Waals surface area contributed by atoms with Gasteiger partial charge < -0.3 is 5.11 Å².